The van der Waals surface area contributed by atoms with Crippen LogP contribution < -0.4 is 0 Å². The van der Waals surface area contributed by atoms with Crippen molar-refractivity contribution in [1.29, 1.82) is 0 Å². The molecule has 0 amide bonds. The highest BCUT2D eigenvalue weighted by atomic mass is 79.9. The second-order valence-corrected chi connectivity index (χ2v) is 5.29. The molecule has 1 fully saturated rings. The third kappa shape index (κ3) is 3.33. The van der Waals surface area contributed by atoms with Gasteiger partial charge in [-0.05, 0) is 11.6 Å². The van der Waals surface area contributed by atoms with Crippen LogP contribution in [0.15, 0.2) is 22.7 Å². The zero-order chi connectivity index (χ0) is 14.7. The first-order valence-electron chi connectivity index (χ1n) is 5.96. The second-order valence-electron chi connectivity index (χ2n) is 4.43. The number of carboxylic acids is 1. The number of hydrogen-bond donors (Lipinski definition) is 1. The van der Waals surface area contributed by atoms with Crippen molar-refractivity contribution in [2.24, 2.45) is 0 Å². The number of hydrogen-bond acceptors (Lipinski definition) is 5. The van der Waals surface area contributed by atoms with E-state index in [2.05, 4.69) is 15.9 Å². The monoisotopic (exact) mass is 344 g/mol. The molecule has 7 nitrogen and oxygen atoms in total. The molecule has 108 valence electrons. The van der Waals surface area contributed by atoms with Crippen LogP contribution >= 0.6 is 15.9 Å². The van der Waals surface area contributed by atoms with Gasteiger partial charge in [-0.15, -0.1) is 0 Å². The Hall–Kier alpha value is -1.51. The van der Waals surface area contributed by atoms with Crippen molar-refractivity contribution in [1.82, 2.24) is 4.90 Å². The zero-order valence-corrected chi connectivity index (χ0v) is 12.1. The van der Waals surface area contributed by atoms with Crippen LogP contribution in [0.4, 0.5) is 5.69 Å². The summed E-state index contributed by atoms with van der Waals surface area (Å²) >= 11 is 3.29. The van der Waals surface area contributed by atoms with E-state index < -0.39 is 16.9 Å². The van der Waals surface area contributed by atoms with E-state index in [-0.39, 0.29) is 12.3 Å². The number of nitro benzene ring substituents is 1. The van der Waals surface area contributed by atoms with Crippen molar-refractivity contribution < 1.29 is 19.6 Å². The maximum Gasteiger partial charge on any atom is 0.323 e. The van der Waals surface area contributed by atoms with Crippen molar-refractivity contribution in [3.63, 3.8) is 0 Å². The molecule has 1 unspecified atom stereocenters. The molecule has 1 aromatic carbocycles. The molecule has 1 saturated heterocycles. The van der Waals surface area contributed by atoms with E-state index in [9.17, 15) is 14.9 Å². The number of halogens is 1. The SMILES string of the molecule is O=C(O)C1COCCN1Cc1ccc([N+](=O)[O-])cc1Br. The Bertz CT molecular complexity index is 537. The lowest BCUT2D eigenvalue weighted by molar-refractivity contribution is -0.384. The van der Waals surface area contributed by atoms with E-state index in [1.165, 1.54) is 12.1 Å². The predicted molar refractivity (Wildman–Crippen MR) is 73.4 cm³/mol. The summed E-state index contributed by atoms with van der Waals surface area (Å²) in [6.07, 6.45) is 0. The Kier molecular flexibility index (Phi) is 4.69. The van der Waals surface area contributed by atoms with Gasteiger partial charge in [0.25, 0.3) is 5.69 Å². The number of carboxylic acid groups (broad SMARTS) is 1. The van der Waals surface area contributed by atoms with Crippen LogP contribution in [-0.4, -0.2) is 46.7 Å². The van der Waals surface area contributed by atoms with E-state index in [4.69, 9.17) is 9.84 Å². The molecule has 0 bridgehead atoms. The van der Waals surface area contributed by atoms with Gasteiger partial charge in [-0.1, -0.05) is 15.9 Å². The summed E-state index contributed by atoms with van der Waals surface area (Å²) in [4.78, 5) is 23.2. The minimum atomic E-state index is -0.928. The van der Waals surface area contributed by atoms with Gasteiger partial charge in [-0.2, -0.15) is 0 Å². The minimum absolute atomic E-state index is 0.00242. The molecule has 2 rings (SSSR count). The number of nitro groups is 1. The maximum absolute atomic E-state index is 11.2. The quantitative estimate of drug-likeness (QED) is 0.659. The van der Waals surface area contributed by atoms with Gasteiger partial charge < -0.3 is 9.84 Å². The van der Waals surface area contributed by atoms with Crippen LogP contribution in [0.3, 0.4) is 0 Å². The number of aliphatic carboxylic acids is 1. The molecular weight excluding hydrogens is 332 g/mol. The van der Waals surface area contributed by atoms with Gasteiger partial charge in [-0.3, -0.25) is 19.8 Å². The fourth-order valence-corrected chi connectivity index (χ4v) is 2.54. The maximum atomic E-state index is 11.2. The average molecular weight is 345 g/mol. The Morgan fingerprint density at radius 3 is 2.95 bits per heavy atom. The van der Waals surface area contributed by atoms with Gasteiger partial charge in [-0.25, -0.2) is 0 Å². The number of carbonyl (C=O) groups is 1. The number of non-ortho nitro benzene ring substituents is 1. The molecule has 1 N–H and O–H groups in total. The highest BCUT2D eigenvalue weighted by Gasteiger charge is 2.29. The first-order valence-corrected chi connectivity index (χ1v) is 6.75. The molecule has 1 aliphatic heterocycles. The molecule has 1 aliphatic rings. The normalized spacial score (nSPS) is 19.8. The van der Waals surface area contributed by atoms with Crippen molar-refractivity contribution >= 4 is 27.6 Å². The molecule has 1 aromatic rings. The Labute approximate surface area is 123 Å². The van der Waals surface area contributed by atoms with Crippen LogP contribution in [-0.2, 0) is 16.1 Å². The Balaban J connectivity index is 2.16. The van der Waals surface area contributed by atoms with Crippen LogP contribution in [0, 0.1) is 10.1 Å². The number of benzene rings is 1. The van der Waals surface area contributed by atoms with Gasteiger partial charge in [0.2, 0.25) is 0 Å². The molecule has 0 radical (unpaired) electrons. The fraction of sp³-hybridized carbons (Fsp3) is 0.417. The average Bonchev–Trinajstić information content (AvgIpc) is 2.41. The molecule has 1 heterocycles. The first-order chi connectivity index (χ1) is 9.49. The van der Waals surface area contributed by atoms with Crippen LogP contribution in [0.1, 0.15) is 5.56 Å². The van der Waals surface area contributed by atoms with Crippen LogP contribution in [0.5, 0.6) is 0 Å². The van der Waals surface area contributed by atoms with E-state index in [0.717, 1.165) is 5.56 Å². The van der Waals surface area contributed by atoms with E-state index >= 15 is 0 Å². The summed E-state index contributed by atoms with van der Waals surface area (Å²) in [7, 11) is 0. The lowest BCUT2D eigenvalue weighted by atomic mass is 10.1. The molecule has 1 atom stereocenters. The number of morpholine rings is 1. The summed E-state index contributed by atoms with van der Waals surface area (Å²) in [5.41, 5.74) is 0.807. The Morgan fingerprint density at radius 2 is 2.35 bits per heavy atom. The van der Waals surface area contributed by atoms with Gasteiger partial charge >= 0.3 is 5.97 Å². The standard InChI is InChI=1S/C12H13BrN2O5/c13-10-5-9(15(18)19)2-1-8(10)6-14-3-4-20-7-11(14)12(16)17/h1-2,5,11H,3-4,6-7H2,(H,16,17). The van der Waals surface area contributed by atoms with Crippen molar-refractivity contribution in [2.45, 2.75) is 12.6 Å². The minimum Gasteiger partial charge on any atom is -0.480 e. The summed E-state index contributed by atoms with van der Waals surface area (Å²) in [6.45, 7) is 1.55. The second kappa shape index (κ2) is 6.29. The van der Waals surface area contributed by atoms with Crippen molar-refractivity contribution in [3.8, 4) is 0 Å². The number of rotatable bonds is 4. The summed E-state index contributed by atoms with van der Waals surface area (Å²) < 4.78 is 5.77. The van der Waals surface area contributed by atoms with E-state index in [1.54, 1.807) is 11.0 Å². The highest BCUT2D eigenvalue weighted by molar-refractivity contribution is 9.10. The van der Waals surface area contributed by atoms with Crippen molar-refractivity contribution in [2.75, 3.05) is 19.8 Å². The predicted octanol–water partition coefficient (Wildman–Crippen LogP) is 1.64. The summed E-state index contributed by atoms with van der Waals surface area (Å²) in [5.74, 6) is -0.928. The number of nitrogens with zero attached hydrogens (tertiary/aromatic N) is 2. The topological polar surface area (TPSA) is 92.9 Å². The number of ether oxygens (including phenoxy) is 1. The Morgan fingerprint density at radius 1 is 1.60 bits per heavy atom. The zero-order valence-electron chi connectivity index (χ0n) is 10.5. The lowest BCUT2D eigenvalue weighted by Gasteiger charge is -2.32. The smallest absolute Gasteiger partial charge is 0.323 e. The van der Waals surface area contributed by atoms with Gasteiger partial charge in [0.15, 0.2) is 0 Å². The third-order valence-corrected chi connectivity index (χ3v) is 3.88. The van der Waals surface area contributed by atoms with Crippen LogP contribution in [0.2, 0.25) is 0 Å². The summed E-state index contributed by atoms with van der Waals surface area (Å²) in [5, 5.41) is 19.8. The molecule has 0 aliphatic carbocycles. The van der Waals surface area contributed by atoms with Crippen molar-refractivity contribution in [3.05, 3.63) is 38.3 Å². The molecule has 8 heteroatoms. The van der Waals surface area contributed by atoms with E-state index in [1.807, 2.05) is 0 Å². The fourth-order valence-electron chi connectivity index (χ4n) is 2.05. The molecule has 20 heavy (non-hydrogen) atoms. The summed E-state index contributed by atoms with van der Waals surface area (Å²) in [6, 6.07) is 3.78. The van der Waals surface area contributed by atoms with Crippen LogP contribution in [0.25, 0.3) is 0 Å². The highest BCUT2D eigenvalue weighted by Crippen LogP contribution is 2.25. The molecular formula is C12H13BrN2O5. The molecule has 0 saturated carbocycles. The lowest BCUT2D eigenvalue weighted by Crippen LogP contribution is -2.49. The van der Waals surface area contributed by atoms with Gasteiger partial charge in [0, 0.05) is 29.7 Å². The van der Waals surface area contributed by atoms with Gasteiger partial charge in [0.1, 0.15) is 6.04 Å². The van der Waals surface area contributed by atoms with E-state index in [0.29, 0.717) is 24.2 Å². The third-order valence-electron chi connectivity index (χ3n) is 3.15. The first kappa shape index (κ1) is 14.9. The molecule has 0 spiro atoms. The van der Waals surface area contributed by atoms with Gasteiger partial charge in [0.05, 0.1) is 18.1 Å². The largest absolute Gasteiger partial charge is 0.480 e. The molecule has 0 aromatic heterocycles.